The van der Waals surface area contributed by atoms with Crippen molar-refractivity contribution in [2.45, 2.75) is 25.3 Å². The van der Waals surface area contributed by atoms with E-state index in [1.807, 2.05) is 13.0 Å². The number of hydrogen-bond acceptors (Lipinski definition) is 4. The molecule has 2 rings (SSSR count). The Morgan fingerprint density at radius 3 is 2.72 bits per heavy atom. The molecule has 1 aromatic carbocycles. The van der Waals surface area contributed by atoms with Crippen molar-refractivity contribution in [2.75, 3.05) is 20.3 Å². The highest BCUT2D eigenvalue weighted by Crippen LogP contribution is 2.33. The van der Waals surface area contributed by atoms with Gasteiger partial charge < -0.3 is 20.3 Å². The molecular weight excluding hydrogens is 230 g/mol. The van der Waals surface area contributed by atoms with Crippen LogP contribution in [-0.2, 0) is 5.54 Å². The molecule has 1 aliphatic carbocycles. The monoisotopic (exact) mass is 251 g/mol. The number of aliphatic hydroxyl groups excluding tert-OH is 1. The lowest BCUT2D eigenvalue weighted by Crippen LogP contribution is -2.43. The molecule has 18 heavy (non-hydrogen) atoms. The number of hydrogen-bond donors (Lipinski definition) is 3. The molecule has 0 bridgehead atoms. The largest absolute Gasteiger partial charge is 0.504 e. The first-order valence-electron chi connectivity index (χ1n) is 6.32. The number of nitrogens with one attached hydrogen (secondary N) is 1. The number of aromatic hydroxyl groups is 1. The van der Waals surface area contributed by atoms with Crippen LogP contribution in [0.15, 0.2) is 18.2 Å². The smallest absolute Gasteiger partial charge is 0.160 e. The highest BCUT2D eigenvalue weighted by molar-refractivity contribution is 5.44. The summed E-state index contributed by atoms with van der Waals surface area (Å²) < 4.78 is 5.10. The van der Waals surface area contributed by atoms with E-state index in [-0.39, 0.29) is 12.4 Å². The molecule has 0 saturated heterocycles. The fourth-order valence-electron chi connectivity index (χ4n) is 1.96. The quantitative estimate of drug-likeness (QED) is 0.719. The maximum absolute atomic E-state index is 9.64. The van der Waals surface area contributed by atoms with E-state index < -0.39 is 5.54 Å². The van der Waals surface area contributed by atoms with E-state index in [4.69, 9.17) is 4.74 Å². The third kappa shape index (κ3) is 2.76. The van der Waals surface area contributed by atoms with Gasteiger partial charge in [-0.3, -0.25) is 0 Å². The van der Waals surface area contributed by atoms with E-state index >= 15 is 0 Å². The summed E-state index contributed by atoms with van der Waals surface area (Å²) in [6, 6.07) is 5.18. The topological polar surface area (TPSA) is 61.7 Å². The molecule has 3 N–H and O–H groups in total. The van der Waals surface area contributed by atoms with Crippen LogP contribution in [0.25, 0.3) is 0 Å². The van der Waals surface area contributed by atoms with Gasteiger partial charge in [-0.2, -0.15) is 0 Å². The Bertz CT molecular complexity index is 418. The Labute approximate surface area is 108 Å². The summed E-state index contributed by atoms with van der Waals surface area (Å²) in [6.07, 6.45) is 2.54. The van der Waals surface area contributed by atoms with Crippen LogP contribution in [0.5, 0.6) is 11.5 Å². The maximum Gasteiger partial charge on any atom is 0.160 e. The average molecular weight is 251 g/mol. The van der Waals surface area contributed by atoms with Crippen molar-refractivity contribution in [3.05, 3.63) is 23.8 Å². The Morgan fingerprint density at radius 2 is 2.17 bits per heavy atom. The van der Waals surface area contributed by atoms with Crippen molar-refractivity contribution >= 4 is 0 Å². The molecule has 4 nitrogen and oxygen atoms in total. The van der Waals surface area contributed by atoms with E-state index in [1.165, 1.54) is 20.0 Å². The van der Waals surface area contributed by atoms with Gasteiger partial charge in [0.05, 0.1) is 19.3 Å². The van der Waals surface area contributed by atoms with Crippen molar-refractivity contribution in [1.82, 2.24) is 5.32 Å². The first kappa shape index (κ1) is 13.2. The predicted molar refractivity (Wildman–Crippen MR) is 69.8 cm³/mol. The minimum absolute atomic E-state index is 0.00759. The van der Waals surface area contributed by atoms with E-state index in [2.05, 4.69) is 5.32 Å². The molecule has 0 aliphatic heterocycles. The molecule has 100 valence electrons. The van der Waals surface area contributed by atoms with Crippen LogP contribution in [-0.4, -0.2) is 30.5 Å². The summed E-state index contributed by atoms with van der Waals surface area (Å²) in [5.41, 5.74) is 0.420. The van der Waals surface area contributed by atoms with Crippen molar-refractivity contribution in [1.29, 1.82) is 0 Å². The maximum atomic E-state index is 9.64. The number of phenolic OH excluding ortho intramolecular Hbond substituents is 1. The summed E-state index contributed by atoms with van der Waals surface area (Å²) in [5, 5.41) is 22.6. The SMILES string of the molecule is COc1cc(C(C)(CO)NCC2CC2)ccc1O. The Morgan fingerprint density at radius 1 is 1.44 bits per heavy atom. The second-order valence-corrected chi connectivity index (χ2v) is 5.20. The summed E-state index contributed by atoms with van der Waals surface area (Å²) in [5.74, 6) is 1.29. The van der Waals surface area contributed by atoms with Crippen molar-refractivity contribution in [3.8, 4) is 11.5 Å². The van der Waals surface area contributed by atoms with Gasteiger partial charge in [0.25, 0.3) is 0 Å². The van der Waals surface area contributed by atoms with Gasteiger partial charge in [0, 0.05) is 0 Å². The lowest BCUT2D eigenvalue weighted by Gasteiger charge is -2.30. The predicted octanol–water partition coefficient (Wildman–Crippen LogP) is 1.61. The Kier molecular flexibility index (Phi) is 3.78. The molecule has 1 aliphatic rings. The van der Waals surface area contributed by atoms with E-state index in [0.29, 0.717) is 5.75 Å². The van der Waals surface area contributed by atoms with Gasteiger partial charge in [0.15, 0.2) is 11.5 Å². The summed E-state index contributed by atoms with van der Waals surface area (Å²) >= 11 is 0. The van der Waals surface area contributed by atoms with Crippen LogP contribution in [0.4, 0.5) is 0 Å². The number of ether oxygens (including phenoxy) is 1. The molecule has 1 unspecified atom stereocenters. The van der Waals surface area contributed by atoms with E-state index in [9.17, 15) is 10.2 Å². The normalized spacial score (nSPS) is 18.4. The minimum atomic E-state index is -0.496. The first-order valence-corrected chi connectivity index (χ1v) is 6.32. The third-order valence-corrected chi connectivity index (χ3v) is 3.61. The van der Waals surface area contributed by atoms with Crippen LogP contribution in [0.2, 0.25) is 0 Å². The molecule has 1 saturated carbocycles. The molecule has 0 aromatic heterocycles. The average Bonchev–Trinajstić information content (AvgIpc) is 3.20. The fourth-order valence-corrected chi connectivity index (χ4v) is 1.96. The van der Waals surface area contributed by atoms with E-state index in [1.54, 1.807) is 12.1 Å². The first-order chi connectivity index (χ1) is 8.59. The Balaban J connectivity index is 2.18. The lowest BCUT2D eigenvalue weighted by molar-refractivity contribution is 0.173. The summed E-state index contributed by atoms with van der Waals surface area (Å²) in [6.45, 7) is 2.88. The molecule has 0 spiro atoms. The highest BCUT2D eigenvalue weighted by atomic mass is 16.5. The number of benzene rings is 1. The van der Waals surface area contributed by atoms with Crippen LogP contribution in [0, 0.1) is 5.92 Å². The minimum Gasteiger partial charge on any atom is -0.504 e. The molecule has 1 fully saturated rings. The third-order valence-electron chi connectivity index (χ3n) is 3.61. The number of aliphatic hydroxyl groups is 1. The zero-order valence-corrected chi connectivity index (χ0v) is 10.9. The number of phenols is 1. The molecule has 0 amide bonds. The van der Waals surface area contributed by atoms with Gasteiger partial charge >= 0.3 is 0 Å². The molecular formula is C14H21NO3. The zero-order valence-electron chi connectivity index (χ0n) is 10.9. The van der Waals surface area contributed by atoms with Gasteiger partial charge in [0.1, 0.15) is 0 Å². The summed E-state index contributed by atoms with van der Waals surface area (Å²) in [4.78, 5) is 0. The van der Waals surface area contributed by atoms with Gasteiger partial charge in [0.2, 0.25) is 0 Å². The zero-order chi connectivity index (χ0) is 13.2. The second-order valence-electron chi connectivity index (χ2n) is 5.20. The van der Waals surface area contributed by atoms with Crippen molar-refractivity contribution in [2.24, 2.45) is 5.92 Å². The van der Waals surface area contributed by atoms with Gasteiger partial charge in [-0.1, -0.05) is 6.07 Å². The van der Waals surface area contributed by atoms with Gasteiger partial charge in [-0.05, 0) is 49.9 Å². The van der Waals surface area contributed by atoms with Crippen LogP contribution < -0.4 is 10.1 Å². The van der Waals surface area contributed by atoms with Crippen LogP contribution >= 0.6 is 0 Å². The van der Waals surface area contributed by atoms with Gasteiger partial charge in [-0.15, -0.1) is 0 Å². The van der Waals surface area contributed by atoms with Crippen LogP contribution in [0.3, 0.4) is 0 Å². The molecule has 1 aromatic rings. The Hall–Kier alpha value is -1.26. The molecule has 0 heterocycles. The van der Waals surface area contributed by atoms with Crippen molar-refractivity contribution in [3.63, 3.8) is 0 Å². The van der Waals surface area contributed by atoms with E-state index in [0.717, 1.165) is 18.0 Å². The standard InChI is InChI=1S/C14H21NO3/c1-14(9-16,15-8-10-3-4-10)11-5-6-12(17)13(7-11)18-2/h5-7,10,15-17H,3-4,8-9H2,1-2H3. The number of rotatable bonds is 6. The molecule has 1 atom stereocenters. The van der Waals surface area contributed by atoms with Gasteiger partial charge in [-0.25, -0.2) is 0 Å². The van der Waals surface area contributed by atoms with Crippen LogP contribution in [0.1, 0.15) is 25.3 Å². The number of methoxy groups -OCH3 is 1. The molecule has 0 radical (unpaired) electrons. The fraction of sp³-hybridized carbons (Fsp3) is 0.571. The second kappa shape index (κ2) is 5.16. The lowest BCUT2D eigenvalue weighted by atomic mass is 9.92. The van der Waals surface area contributed by atoms with Crippen molar-refractivity contribution < 1.29 is 14.9 Å². The molecule has 4 heteroatoms. The summed E-state index contributed by atoms with van der Waals surface area (Å²) in [7, 11) is 1.52. The highest BCUT2D eigenvalue weighted by Gasteiger charge is 2.30.